The van der Waals surface area contributed by atoms with E-state index in [2.05, 4.69) is 17.0 Å². The number of aliphatic hydroxyl groups is 2. The van der Waals surface area contributed by atoms with Gasteiger partial charge < -0.3 is 15.3 Å². The zero-order chi connectivity index (χ0) is 19.1. The van der Waals surface area contributed by atoms with Crippen molar-refractivity contribution in [3.05, 3.63) is 65.7 Å². The minimum absolute atomic E-state index is 0.211. The highest BCUT2D eigenvalue weighted by Gasteiger charge is 2.48. The van der Waals surface area contributed by atoms with Crippen molar-refractivity contribution in [1.29, 1.82) is 0 Å². The highest BCUT2D eigenvalue weighted by molar-refractivity contribution is 5.30. The van der Waals surface area contributed by atoms with Crippen molar-refractivity contribution in [2.24, 2.45) is 11.8 Å². The molecule has 0 radical (unpaired) electrons. The van der Waals surface area contributed by atoms with Crippen molar-refractivity contribution in [3.63, 3.8) is 0 Å². The van der Waals surface area contributed by atoms with Crippen LogP contribution in [0.2, 0.25) is 0 Å². The molecule has 1 aliphatic heterocycles. The van der Waals surface area contributed by atoms with Gasteiger partial charge >= 0.3 is 0 Å². The highest BCUT2D eigenvalue weighted by Crippen LogP contribution is 2.45. The van der Waals surface area contributed by atoms with E-state index in [-0.39, 0.29) is 5.75 Å². The molecule has 1 aliphatic carbocycles. The van der Waals surface area contributed by atoms with Gasteiger partial charge in [-0.3, -0.25) is 4.90 Å². The van der Waals surface area contributed by atoms with Crippen LogP contribution in [0.1, 0.15) is 30.9 Å². The summed E-state index contributed by atoms with van der Waals surface area (Å²) in [6.45, 7) is 4.26. The molecule has 4 nitrogen and oxygen atoms in total. The first-order valence-electron chi connectivity index (χ1n) is 9.84. The largest absolute Gasteiger partial charge is 0.508 e. The Balaban J connectivity index is 1.36. The molecule has 2 aliphatic rings. The normalized spacial score (nSPS) is 30.2. The Bertz CT molecular complexity index is 758. The third-order valence-corrected chi connectivity index (χ3v) is 6.33. The molecule has 1 heterocycles. The monoisotopic (exact) mass is 367 g/mol. The summed E-state index contributed by atoms with van der Waals surface area (Å²) >= 11 is 0. The van der Waals surface area contributed by atoms with Crippen molar-refractivity contribution in [2.45, 2.75) is 37.4 Å². The van der Waals surface area contributed by atoms with Crippen LogP contribution in [-0.4, -0.2) is 45.5 Å². The van der Waals surface area contributed by atoms with Crippen LogP contribution in [0.25, 0.3) is 0 Å². The van der Waals surface area contributed by atoms with Crippen LogP contribution in [0.4, 0.5) is 0 Å². The van der Waals surface area contributed by atoms with Crippen LogP contribution in [0.3, 0.4) is 0 Å². The smallest absolute Gasteiger partial charge is 0.115 e. The number of nitrogens with zero attached hydrogens (tertiary/aromatic N) is 1. The first-order chi connectivity index (χ1) is 12.8. The van der Waals surface area contributed by atoms with E-state index in [0.717, 1.165) is 37.9 Å². The predicted octanol–water partition coefficient (Wildman–Crippen LogP) is 2.92. The van der Waals surface area contributed by atoms with Crippen LogP contribution >= 0.6 is 0 Å². The highest BCUT2D eigenvalue weighted by atomic mass is 16.3. The molecule has 144 valence electrons. The van der Waals surface area contributed by atoms with Crippen LogP contribution in [0.5, 0.6) is 5.75 Å². The van der Waals surface area contributed by atoms with Gasteiger partial charge in [0.15, 0.2) is 0 Å². The molecule has 0 amide bonds. The Labute approximate surface area is 161 Å². The number of hydrogen-bond acceptors (Lipinski definition) is 4. The topological polar surface area (TPSA) is 63.9 Å². The van der Waals surface area contributed by atoms with Crippen molar-refractivity contribution in [2.75, 3.05) is 19.6 Å². The maximum absolute atomic E-state index is 11.1. The number of β-amino-alcohol motifs (C(OH)–C–C–N with tert-alkyl or cyclic N) is 1. The number of fused-ring (bicyclic) bond motifs is 1. The summed E-state index contributed by atoms with van der Waals surface area (Å²) in [7, 11) is 0. The number of benzene rings is 2. The first kappa shape index (κ1) is 18.5. The average molecular weight is 367 g/mol. The van der Waals surface area contributed by atoms with Gasteiger partial charge in [0.05, 0.1) is 11.2 Å². The first-order valence-corrected chi connectivity index (χ1v) is 9.84. The van der Waals surface area contributed by atoms with Gasteiger partial charge in [-0.15, -0.1) is 0 Å². The average Bonchev–Trinajstić information content (AvgIpc) is 3.09. The van der Waals surface area contributed by atoms with Crippen LogP contribution in [0, 0.1) is 11.8 Å². The Morgan fingerprint density at radius 3 is 2.19 bits per heavy atom. The molecule has 2 aromatic rings. The third kappa shape index (κ3) is 4.03. The molecule has 3 N–H and O–H groups in total. The summed E-state index contributed by atoms with van der Waals surface area (Å²) in [6.07, 6.45) is 2.40. The van der Waals surface area contributed by atoms with Gasteiger partial charge in [-0.2, -0.15) is 0 Å². The van der Waals surface area contributed by atoms with E-state index in [0.29, 0.717) is 18.4 Å². The van der Waals surface area contributed by atoms with Crippen molar-refractivity contribution < 1.29 is 15.3 Å². The second kappa shape index (κ2) is 6.93. The molecule has 1 saturated heterocycles. The molecule has 4 heteroatoms. The molecule has 4 rings (SSSR count). The second-order valence-corrected chi connectivity index (χ2v) is 8.83. The number of likely N-dealkylation sites (tertiary alicyclic amines) is 1. The Morgan fingerprint density at radius 2 is 1.59 bits per heavy atom. The van der Waals surface area contributed by atoms with E-state index in [1.165, 1.54) is 5.56 Å². The van der Waals surface area contributed by atoms with Crippen molar-refractivity contribution in [1.82, 2.24) is 4.90 Å². The minimum Gasteiger partial charge on any atom is -0.508 e. The molecular weight excluding hydrogens is 338 g/mol. The Hall–Kier alpha value is -1.88. The zero-order valence-electron chi connectivity index (χ0n) is 15.9. The summed E-state index contributed by atoms with van der Waals surface area (Å²) < 4.78 is 0. The summed E-state index contributed by atoms with van der Waals surface area (Å²) in [5, 5.41) is 31.5. The fourth-order valence-corrected chi connectivity index (χ4v) is 5.15. The lowest BCUT2D eigenvalue weighted by molar-refractivity contribution is 0.00983. The predicted molar refractivity (Wildman–Crippen MR) is 105 cm³/mol. The molecule has 1 saturated carbocycles. The summed E-state index contributed by atoms with van der Waals surface area (Å²) in [4.78, 5) is 2.32. The van der Waals surface area contributed by atoms with E-state index in [9.17, 15) is 15.3 Å². The molecule has 4 atom stereocenters. The van der Waals surface area contributed by atoms with Crippen LogP contribution in [-0.2, 0) is 12.0 Å². The van der Waals surface area contributed by atoms with Gasteiger partial charge in [-0.25, -0.2) is 0 Å². The van der Waals surface area contributed by atoms with Crippen LogP contribution < -0.4 is 0 Å². The van der Waals surface area contributed by atoms with Gasteiger partial charge in [0, 0.05) is 26.1 Å². The lowest BCUT2D eigenvalue weighted by Gasteiger charge is -2.31. The standard InChI is InChI=1S/C23H29NO3/c1-22(26,20-7-9-21(25)10-8-20)16-24-14-18-12-23(27,13-19(18)15-24)11-17-5-3-2-4-6-17/h2-10,18-19,25-27H,11-16H2,1H3/t18-,19?,22?,23?/m1/s1. The molecule has 2 fully saturated rings. The van der Waals surface area contributed by atoms with E-state index >= 15 is 0 Å². The van der Waals surface area contributed by atoms with E-state index in [4.69, 9.17) is 0 Å². The number of hydrogen-bond donors (Lipinski definition) is 3. The zero-order valence-corrected chi connectivity index (χ0v) is 15.9. The Kier molecular flexibility index (Phi) is 4.75. The molecule has 3 unspecified atom stereocenters. The Morgan fingerprint density at radius 1 is 1.00 bits per heavy atom. The van der Waals surface area contributed by atoms with Gasteiger partial charge in [-0.05, 0) is 54.9 Å². The number of phenols is 1. The summed E-state index contributed by atoms with van der Waals surface area (Å²) in [5.41, 5.74) is 0.472. The number of phenolic OH excluding ortho intramolecular Hbond substituents is 1. The maximum atomic E-state index is 11.1. The van der Waals surface area contributed by atoms with E-state index < -0.39 is 11.2 Å². The molecule has 0 spiro atoms. The third-order valence-electron chi connectivity index (χ3n) is 6.33. The van der Waals surface area contributed by atoms with E-state index in [1.807, 2.05) is 25.1 Å². The fraction of sp³-hybridized carbons (Fsp3) is 0.478. The van der Waals surface area contributed by atoms with Gasteiger partial charge in [0.1, 0.15) is 5.75 Å². The van der Waals surface area contributed by atoms with Gasteiger partial charge in [0.25, 0.3) is 0 Å². The van der Waals surface area contributed by atoms with Gasteiger partial charge in [0.2, 0.25) is 0 Å². The summed E-state index contributed by atoms with van der Waals surface area (Å²) in [5.74, 6) is 1.20. The second-order valence-electron chi connectivity index (χ2n) is 8.83. The van der Waals surface area contributed by atoms with Crippen molar-refractivity contribution in [3.8, 4) is 5.75 Å². The van der Waals surface area contributed by atoms with Gasteiger partial charge in [-0.1, -0.05) is 42.5 Å². The molecule has 0 aromatic heterocycles. The fourth-order valence-electron chi connectivity index (χ4n) is 5.15. The molecule has 27 heavy (non-hydrogen) atoms. The molecule has 0 bridgehead atoms. The lowest BCUT2D eigenvalue weighted by Crippen LogP contribution is -2.39. The van der Waals surface area contributed by atoms with Crippen LogP contribution in [0.15, 0.2) is 54.6 Å². The maximum Gasteiger partial charge on any atom is 0.115 e. The quantitative estimate of drug-likeness (QED) is 0.760. The number of aromatic hydroxyl groups is 1. The molecule has 2 aromatic carbocycles. The minimum atomic E-state index is -0.952. The number of rotatable bonds is 5. The SMILES string of the molecule is CC(O)(CN1CC2CC(O)(Cc3ccccc3)C[C@@H]2C1)c1ccc(O)cc1. The summed E-state index contributed by atoms with van der Waals surface area (Å²) in [6, 6.07) is 17.0. The lowest BCUT2D eigenvalue weighted by atomic mass is 9.91. The molecular formula is C23H29NO3. The van der Waals surface area contributed by atoms with Crippen molar-refractivity contribution >= 4 is 0 Å². The van der Waals surface area contributed by atoms with E-state index in [1.54, 1.807) is 24.3 Å².